The topological polar surface area (TPSA) is 37.3 Å². The molecule has 2 nitrogen and oxygen atoms in total. The number of rotatable bonds is 3. The molecule has 0 aromatic heterocycles. The maximum Gasteiger partial charge on any atom is 0.150 e. The predicted octanol–water partition coefficient (Wildman–Crippen LogP) is 2.66. The van der Waals surface area contributed by atoms with Crippen molar-refractivity contribution in [3.8, 4) is 11.1 Å². The molecule has 2 aromatic rings. The Morgan fingerprint density at radius 1 is 1.00 bits per heavy atom. The molecule has 0 saturated carbocycles. The van der Waals surface area contributed by atoms with Crippen LogP contribution < -0.4 is 0 Å². The summed E-state index contributed by atoms with van der Waals surface area (Å²) in [5.41, 5.74) is 3.45. The summed E-state index contributed by atoms with van der Waals surface area (Å²) in [6.45, 7) is 0.0373. The molecule has 0 saturated heterocycles. The van der Waals surface area contributed by atoms with Crippen LogP contribution in [0.4, 0.5) is 0 Å². The fourth-order valence-corrected chi connectivity index (χ4v) is 1.65. The van der Waals surface area contributed by atoms with E-state index >= 15 is 0 Å². The van der Waals surface area contributed by atoms with Gasteiger partial charge in [0, 0.05) is 5.56 Å². The van der Waals surface area contributed by atoms with Crippen LogP contribution in [0.1, 0.15) is 15.9 Å². The molecule has 0 heterocycles. The van der Waals surface area contributed by atoms with Gasteiger partial charge in [-0.3, -0.25) is 4.79 Å². The van der Waals surface area contributed by atoms with E-state index < -0.39 is 0 Å². The Morgan fingerprint density at radius 2 is 1.69 bits per heavy atom. The van der Waals surface area contributed by atoms with Crippen molar-refractivity contribution >= 4 is 6.29 Å². The minimum absolute atomic E-state index is 0.0373. The fraction of sp³-hybridized carbons (Fsp3) is 0.0714. The lowest BCUT2D eigenvalue weighted by Crippen LogP contribution is -1.88. The van der Waals surface area contributed by atoms with E-state index in [-0.39, 0.29) is 6.61 Å². The normalized spacial score (nSPS) is 10.1. The number of aldehydes is 1. The van der Waals surface area contributed by atoms with Gasteiger partial charge in [0.15, 0.2) is 6.29 Å². The monoisotopic (exact) mass is 212 g/mol. The summed E-state index contributed by atoms with van der Waals surface area (Å²) >= 11 is 0. The molecule has 2 rings (SSSR count). The first-order valence-corrected chi connectivity index (χ1v) is 5.09. The van der Waals surface area contributed by atoms with Gasteiger partial charge in [-0.25, -0.2) is 0 Å². The first-order valence-electron chi connectivity index (χ1n) is 5.09. The number of aliphatic hydroxyl groups is 1. The molecular formula is C14H12O2. The van der Waals surface area contributed by atoms with Crippen molar-refractivity contribution in [2.75, 3.05) is 0 Å². The summed E-state index contributed by atoms with van der Waals surface area (Å²) in [4.78, 5) is 10.9. The van der Waals surface area contributed by atoms with Gasteiger partial charge < -0.3 is 5.11 Å². The lowest BCUT2D eigenvalue weighted by molar-refractivity contribution is 0.112. The van der Waals surface area contributed by atoms with Crippen LogP contribution in [0.15, 0.2) is 48.5 Å². The highest BCUT2D eigenvalue weighted by Gasteiger charge is 2.02. The maximum absolute atomic E-state index is 10.9. The quantitative estimate of drug-likeness (QED) is 0.794. The SMILES string of the molecule is O=Cc1ccccc1-c1ccc(CO)cc1. The molecule has 0 aliphatic heterocycles. The zero-order chi connectivity index (χ0) is 11.4. The van der Waals surface area contributed by atoms with Crippen molar-refractivity contribution < 1.29 is 9.90 Å². The van der Waals surface area contributed by atoms with Gasteiger partial charge in [-0.15, -0.1) is 0 Å². The molecule has 16 heavy (non-hydrogen) atoms. The summed E-state index contributed by atoms with van der Waals surface area (Å²) in [7, 11) is 0. The summed E-state index contributed by atoms with van der Waals surface area (Å²) in [6.07, 6.45) is 0.856. The third kappa shape index (κ3) is 2.02. The van der Waals surface area contributed by atoms with Gasteiger partial charge in [0.25, 0.3) is 0 Å². The van der Waals surface area contributed by atoms with Crippen LogP contribution in [-0.4, -0.2) is 11.4 Å². The summed E-state index contributed by atoms with van der Waals surface area (Å²) in [6, 6.07) is 15.0. The average molecular weight is 212 g/mol. The minimum atomic E-state index is 0.0373. The van der Waals surface area contributed by atoms with Gasteiger partial charge >= 0.3 is 0 Å². The second-order valence-corrected chi connectivity index (χ2v) is 3.56. The second kappa shape index (κ2) is 4.73. The van der Waals surface area contributed by atoms with E-state index in [0.29, 0.717) is 5.56 Å². The molecule has 80 valence electrons. The minimum Gasteiger partial charge on any atom is -0.392 e. The molecule has 1 N–H and O–H groups in total. The van der Waals surface area contributed by atoms with E-state index in [1.165, 1.54) is 0 Å². The Bertz CT molecular complexity index is 486. The molecule has 0 spiro atoms. The van der Waals surface area contributed by atoms with Gasteiger partial charge in [0.2, 0.25) is 0 Å². The van der Waals surface area contributed by atoms with Crippen LogP contribution in [0.3, 0.4) is 0 Å². The van der Waals surface area contributed by atoms with Crippen LogP contribution in [0.2, 0.25) is 0 Å². The molecular weight excluding hydrogens is 200 g/mol. The number of hydrogen-bond donors (Lipinski definition) is 1. The number of carbonyl (C=O) groups excluding carboxylic acids is 1. The number of benzene rings is 2. The summed E-state index contributed by atoms with van der Waals surface area (Å²) < 4.78 is 0. The van der Waals surface area contributed by atoms with Gasteiger partial charge in [-0.2, -0.15) is 0 Å². The van der Waals surface area contributed by atoms with Crippen molar-refractivity contribution in [2.24, 2.45) is 0 Å². The van der Waals surface area contributed by atoms with Crippen molar-refractivity contribution in [1.82, 2.24) is 0 Å². The number of hydrogen-bond acceptors (Lipinski definition) is 2. The molecule has 2 heteroatoms. The fourth-order valence-electron chi connectivity index (χ4n) is 1.65. The maximum atomic E-state index is 10.9. The smallest absolute Gasteiger partial charge is 0.150 e. The van der Waals surface area contributed by atoms with Crippen molar-refractivity contribution in [3.63, 3.8) is 0 Å². The summed E-state index contributed by atoms with van der Waals surface area (Å²) in [5, 5.41) is 8.94. The van der Waals surface area contributed by atoms with Crippen molar-refractivity contribution in [1.29, 1.82) is 0 Å². The number of carbonyl (C=O) groups is 1. The third-order valence-corrected chi connectivity index (χ3v) is 2.54. The average Bonchev–Trinajstić information content (AvgIpc) is 2.39. The van der Waals surface area contributed by atoms with E-state index in [1.54, 1.807) is 6.07 Å². The zero-order valence-corrected chi connectivity index (χ0v) is 8.76. The summed E-state index contributed by atoms with van der Waals surface area (Å²) in [5.74, 6) is 0. The first-order chi connectivity index (χ1) is 7.85. The second-order valence-electron chi connectivity index (χ2n) is 3.56. The highest BCUT2D eigenvalue weighted by atomic mass is 16.3. The zero-order valence-electron chi connectivity index (χ0n) is 8.76. The standard InChI is InChI=1S/C14H12O2/c15-9-11-5-7-12(8-6-11)14-4-2-1-3-13(14)10-16/h1-8,10,15H,9H2. The molecule has 0 unspecified atom stereocenters. The first kappa shape index (κ1) is 10.6. The van der Waals surface area contributed by atoms with Crippen LogP contribution in [0.25, 0.3) is 11.1 Å². The molecule has 0 atom stereocenters. The molecule has 0 radical (unpaired) electrons. The number of aliphatic hydroxyl groups excluding tert-OH is 1. The van der Waals surface area contributed by atoms with Gasteiger partial charge in [-0.05, 0) is 16.7 Å². The van der Waals surface area contributed by atoms with Crippen molar-refractivity contribution in [2.45, 2.75) is 6.61 Å². The van der Waals surface area contributed by atoms with Gasteiger partial charge in [0.1, 0.15) is 0 Å². The Balaban J connectivity index is 2.46. The molecule has 0 amide bonds. The van der Waals surface area contributed by atoms with E-state index in [9.17, 15) is 4.79 Å². The molecule has 2 aromatic carbocycles. The lowest BCUT2D eigenvalue weighted by atomic mass is 9.99. The van der Waals surface area contributed by atoms with E-state index in [4.69, 9.17) is 5.11 Å². The molecule has 0 bridgehead atoms. The van der Waals surface area contributed by atoms with Crippen LogP contribution in [0.5, 0.6) is 0 Å². The van der Waals surface area contributed by atoms with E-state index in [0.717, 1.165) is 23.0 Å². The molecule has 0 fully saturated rings. The van der Waals surface area contributed by atoms with Crippen molar-refractivity contribution in [3.05, 3.63) is 59.7 Å². The Labute approximate surface area is 94.2 Å². The predicted molar refractivity (Wildman–Crippen MR) is 63.2 cm³/mol. The van der Waals surface area contributed by atoms with Crippen LogP contribution in [0, 0.1) is 0 Å². The van der Waals surface area contributed by atoms with Gasteiger partial charge in [0.05, 0.1) is 6.61 Å². The van der Waals surface area contributed by atoms with E-state index in [1.807, 2.05) is 42.5 Å². The third-order valence-electron chi connectivity index (χ3n) is 2.54. The van der Waals surface area contributed by atoms with E-state index in [2.05, 4.69) is 0 Å². The Hall–Kier alpha value is -1.93. The molecule has 0 aliphatic rings. The largest absolute Gasteiger partial charge is 0.392 e. The molecule has 0 aliphatic carbocycles. The van der Waals surface area contributed by atoms with Gasteiger partial charge in [-0.1, -0.05) is 48.5 Å². The highest BCUT2D eigenvalue weighted by Crippen LogP contribution is 2.22. The Morgan fingerprint density at radius 3 is 2.31 bits per heavy atom. The highest BCUT2D eigenvalue weighted by molar-refractivity contribution is 5.87. The van der Waals surface area contributed by atoms with Crippen LogP contribution in [-0.2, 0) is 6.61 Å². The Kier molecular flexibility index (Phi) is 3.13. The van der Waals surface area contributed by atoms with Crippen LogP contribution >= 0.6 is 0 Å². The lowest BCUT2D eigenvalue weighted by Gasteiger charge is -2.05.